The number of methoxy groups -OCH3 is 1. The van der Waals surface area contributed by atoms with Crippen molar-refractivity contribution in [2.75, 3.05) is 7.11 Å². The minimum atomic E-state index is -2.87. The lowest BCUT2D eigenvalue weighted by molar-refractivity contribution is 0.0595. The Labute approximate surface area is 89.9 Å². The molecule has 1 aromatic heterocycles. The summed E-state index contributed by atoms with van der Waals surface area (Å²) in [5.74, 6) is -1.46. The summed E-state index contributed by atoms with van der Waals surface area (Å²) in [6.45, 7) is -0.342. The van der Waals surface area contributed by atoms with Gasteiger partial charge in [0.25, 0.3) is 6.43 Å². The first kappa shape index (κ1) is 12.3. The van der Waals surface area contributed by atoms with Crippen molar-refractivity contribution >= 4 is 5.97 Å². The molecule has 0 aliphatic rings. The Hall–Kier alpha value is -1.76. The smallest absolute Gasteiger partial charge is 0.342 e. The quantitative estimate of drug-likeness (QED) is 0.758. The number of halogens is 2. The van der Waals surface area contributed by atoms with Crippen LogP contribution in [0.25, 0.3) is 0 Å². The number of pyridine rings is 1. The molecule has 0 aliphatic heterocycles. The van der Waals surface area contributed by atoms with Gasteiger partial charge in [0.15, 0.2) is 0 Å². The number of ether oxygens (including phenoxy) is 1. The minimum absolute atomic E-state index is 0.207. The molecule has 0 atom stereocenters. The second kappa shape index (κ2) is 4.84. The maximum Gasteiger partial charge on any atom is 0.342 e. The Kier molecular flexibility index (Phi) is 3.73. The molecule has 0 aromatic carbocycles. The zero-order chi connectivity index (χ0) is 12.3. The van der Waals surface area contributed by atoms with E-state index in [1.807, 2.05) is 0 Å². The summed E-state index contributed by atoms with van der Waals surface area (Å²) in [6.07, 6.45) is -2.10. The van der Waals surface area contributed by atoms with E-state index in [9.17, 15) is 18.7 Å². The summed E-state index contributed by atoms with van der Waals surface area (Å²) in [5, 5.41) is 9.37. The Morgan fingerprint density at radius 3 is 2.75 bits per heavy atom. The van der Waals surface area contributed by atoms with Gasteiger partial charge in [0.2, 0.25) is 0 Å². The third-order valence-corrected chi connectivity index (χ3v) is 1.99. The van der Waals surface area contributed by atoms with E-state index >= 15 is 0 Å². The Morgan fingerprint density at radius 2 is 2.31 bits per heavy atom. The van der Waals surface area contributed by atoms with Crippen molar-refractivity contribution in [3.8, 4) is 5.75 Å². The van der Waals surface area contributed by atoms with E-state index in [1.54, 1.807) is 0 Å². The van der Waals surface area contributed by atoms with Gasteiger partial charge in [-0.2, -0.15) is 0 Å². The van der Waals surface area contributed by atoms with Crippen molar-refractivity contribution in [2.45, 2.75) is 13.0 Å². The Bertz CT molecular complexity index is 410. The number of nitrogens with two attached hydrogens (primary N) is 1. The Morgan fingerprint density at radius 1 is 1.69 bits per heavy atom. The molecule has 16 heavy (non-hydrogen) atoms. The molecule has 0 saturated carbocycles. The number of carbonyl (C=O) groups is 1. The molecule has 0 radical (unpaired) electrons. The maximum atomic E-state index is 12.5. The van der Waals surface area contributed by atoms with Gasteiger partial charge in [0.05, 0.1) is 13.3 Å². The van der Waals surface area contributed by atoms with E-state index in [1.165, 1.54) is 0 Å². The fraction of sp³-hybridized carbons (Fsp3) is 0.333. The van der Waals surface area contributed by atoms with E-state index in [4.69, 9.17) is 5.73 Å². The van der Waals surface area contributed by atoms with E-state index in [2.05, 4.69) is 9.72 Å². The zero-order valence-electron chi connectivity index (χ0n) is 8.41. The van der Waals surface area contributed by atoms with Crippen molar-refractivity contribution in [3.63, 3.8) is 0 Å². The molecular formula is C9H10F2N2O3. The van der Waals surface area contributed by atoms with Crippen molar-refractivity contribution in [1.29, 1.82) is 0 Å². The summed E-state index contributed by atoms with van der Waals surface area (Å²) in [5.41, 5.74) is 4.06. The molecule has 0 bridgehead atoms. The number of carbonyl (C=O) groups excluding carboxylic acids is 1. The number of aromatic hydroxyl groups is 1. The standard InChI is InChI=1S/C9H10F2N2O3/c1-16-9(15)6-4(2-12)7(8(10)11)13-3-5(6)14/h3,8,14H,2,12H2,1H3. The van der Waals surface area contributed by atoms with Gasteiger partial charge in [-0.15, -0.1) is 0 Å². The van der Waals surface area contributed by atoms with Crippen LogP contribution in [0.3, 0.4) is 0 Å². The van der Waals surface area contributed by atoms with E-state index in [0.29, 0.717) is 0 Å². The highest BCUT2D eigenvalue weighted by Crippen LogP contribution is 2.28. The molecule has 7 heteroatoms. The number of hydrogen-bond donors (Lipinski definition) is 2. The fourth-order valence-corrected chi connectivity index (χ4v) is 1.28. The highest BCUT2D eigenvalue weighted by atomic mass is 19.3. The normalized spacial score (nSPS) is 10.6. The molecule has 5 nitrogen and oxygen atoms in total. The molecule has 0 amide bonds. The van der Waals surface area contributed by atoms with E-state index in [-0.39, 0.29) is 17.7 Å². The van der Waals surface area contributed by atoms with Crippen LogP contribution in [0.2, 0.25) is 0 Å². The van der Waals surface area contributed by atoms with Crippen LogP contribution in [-0.4, -0.2) is 23.2 Å². The van der Waals surface area contributed by atoms with E-state index in [0.717, 1.165) is 13.3 Å². The molecular weight excluding hydrogens is 222 g/mol. The van der Waals surface area contributed by atoms with Gasteiger partial charge in [-0.1, -0.05) is 0 Å². The first-order chi connectivity index (χ1) is 7.52. The number of esters is 1. The molecule has 88 valence electrons. The van der Waals surface area contributed by atoms with Crippen molar-refractivity contribution in [1.82, 2.24) is 4.98 Å². The SMILES string of the molecule is COC(=O)c1c(O)cnc(C(F)F)c1CN. The second-order valence-electron chi connectivity index (χ2n) is 2.88. The summed E-state index contributed by atoms with van der Waals surface area (Å²) in [4.78, 5) is 14.6. The summed E-state index contributed by atoms with van der Waals surface area (Å²) >= 11 is 0. The van der Waals surface area contributed by atoms with Crippen molar-refractivity contribution in [3.05, 3.63) is 23.0 Å². The molecule has 0 fully saturated rings. The first-order valence-electron chi connectivity index (χ1n) is 4.30. The number of alkyl halides is 2. The van der Waals surface area contributed by atoms with Crippen LogP contribution >= 0.6 is 0 Å². The fourth-order valence-electron chi connectivity index (χ4n) is 1.28. The second-order valence-corrected chi connectivity index (χ2v) is 2.88. The molecule has 1 heterocycles. The average Bonchev–Trinajstić information content (AvgIpc) is 2.26. The molecule has 0 spiro atoms. The van der Waals surface area contributed by atoms with Gasteiger partial charge in [0.1, 0.15) is 17.0 Å². The largest absolute Gasteiger partial charge is 0.505 e. The highest BCUT2D eigenvalue weighted by molar-refractivity contribution is 5.94. The van der Waals surface area contributed by atoms with Gasteiger partial charge in [-0.3, -0.25) is 4.98 Å². The summed E-state index contributed by atoms with van der Waals surface area (Å²) < 4.78 is 29.5. The maximum absolute atomic E-state index is 12.5. The average molecular weight is 232 g/mol. The van der Waals surface area contributed by atoms with Gasteiger partial charge < -0.3 is 15.6 Å². The molecule has 0 aliphatic carbocycles. The predicted molar refractivity (Wildman–Crippen MR) is 50.1 cm³/mol. The lowest BCUT2D eigenvalue weighted by Crippen LogP contribution is -2.14. The van der Waals surface area contributed by atoms with Gasteiger partial charge in [-0.25, -0.2) is 13.6 Å². The molecule has 1 aromatic rings. The van der Waals surface area contributed by atoms with Gasteiger partial charge in [-0.05, 0) is 0 Å². The summed E-state index contributed by atoms with van der Waals surface area (Å²) in [6, 6.07) is 0. The van der Waals surface area contributed by atoms with Crippen LogP contribution in [0.15, 0.2) is 6.20 Å². The Balaban J connectivity index is 3.44. The van der Waals surface area contributed by atoms with Crippen LogP contribution < -0.4 is 5.73 Å². The zero-order valence-corrected chi connectivity index (χ0v) is 8.41. The minimum Gasteiger partial charge on any atom is -0.505 e. The van der Waals surface area contributed by atoms with Gasteiger partial charge >= 0.3 is 5.97 Å². The van der Waals surface area contributed by atoms with Crippen LogP contribution in [0.4, 0.5) is 8.78 Å². The third kappa shape index (κ3) is 2.08. The highest BCUT2D eigenvalue weighted by Gasteiger charge is 2.24. The molecule has 1 rings (SSSR count). The number of hydrogen-bond acceptors (Lipinski definition) is 5. The monoisotopic (exact) mass is 232 g/mol. The number of aromatic nitrogens is 1. The van der Waals surface area contributed by atoms with Crippen molar-refractivity contribution < 1.29 is 23.4 Å². The lowest BCUT2D eigenvalue weighted by atomic mass is 10.1. The summed E-state index contributed by atoms with van der Waals surface area (Å²) in [7, 11) is 1.07. The van der Waals surface area contributed by atoms with Crippen molar-refractivity contribution in [2.24, 2.45) is 5.73 Å². The van der Waals surface area contributed by atoms with Crippen LogP contribution in [-0.2, 0) is 11.3 Å². The molecule has 0 saturated heterocycles. The molecule has 3 N–H and O–H groups in total. The van der Waals surface area contributed by atoms with Crippen LogP contribution in [0.1, 0.15) is 28.0 Å². The third-order valence-electron chi connectivity index (χ3n) is 1.99. The lowest BCUT2D eigenvalue weighted by Gasteiger charge is -2.11. The molecule has 0 unspecified atom stereocenters. The first-order valence-corrected chi connectivity index (χ1v) is 4.30. The van der Waals surface area contributed by atoms with Crippen LogP contribution in [0, 0.1) is 0 Å². The topological polar surface area (TPSA) is 85.4 Å². The predicted octanol–water partition coefficient (Wildman–Crippen LogP) is 0.970. The van der Waals surface area contributed by atoms with Crippen LogP contribution in [0.5, 0.6) is 5.75 Å². The number of nitrogens with zero attached hydrogens (tertiary/aromatic N) is 1. The van der Waals surface area contributed by atoms with Gasteiger partial charge in [0, 0.05) is 12.1 Å². The number of rotatable bonds is 3. The van der Waals surface area contributed by atoms with E-state index < -0.39 is 23.8 Å².